The summed E-state index contributed by atoms with van der Waals surface area (Å²) in [5.41, 5.74) is 2.27. The Balaban J connectivity index is 1.56. The number of carbonyl (C=O) groups is 1. The number of hydrogen-bond acceptors (Lipinski definition) is 5. The van der Waals surface area contributed by atoms with Gasteiger partial charge in [0.25, 0.3) is 0 Å². The molecule has 3 rings (SSSR count). The molecule has 0 saturated carbocycles. The van der Waals surface area contributed by atoms with E-state index < -0.39 is 5.60 Å². The first kappa shape index (κ1) is 17.4. The van der Waals surface area contributed by atoms with E-state index in [1.165, 1.54) is 0 Å². The van der Waals surface area contributed by atoms with Crippen LogP contribution in [-0.4, -0.2) is 49.4 Å². The molecule has 0 bridgehead atoms. The Bertz CT molecular complexity index is 733. The Labute approximate surface area is 148 Å². The lowest BCUT2D eigenvalue weighted by Gasteiger charge is -2.24. The van der Waals surface area contributed by atoms with E-state index in [4.69, 9.17) is 4.74 Å². The highest BCUT2D eigenvalue weighted by Crippen LogP contribution is 2.23. The van der Waals surface area contributed by atoms with Crippen molar-refractivity contribution in [2.45, 2.75) is 39.2 Å². The van der Waals surface area contributed by atoms with Gasteiger partial charge in [0, 0.05) is 38.1 Å². The molecule has 2 aromatic rings. The van der Waals surface area contributed by atoms with Crippen molar-refractivity contribution < 1.29 is 9.53 Å². The van der Waals surface area contributed by atoms with Gasteiger partial charge >= 0.3 is 6.09 Å². The molecule has 0 radical (unpaired) electrons. The van der Waals surface area contributed by atoms with E-state index >= 15 is 0 Å². The molecule has 25 heavy (non-hydrogen) atoms. The summed E-state index contributed by atoms with van der Waals surface area (Å²) in [5, 5.41) is 4.15. The van der Waals surface area contributed by atoms with Gasteiger partial charge in [-0.05, 0) is 39.5 Å². The van der Waals surface area contributed by atoms with E-state index in [1.54, 1.807) is 22.0 Å². The first-order valence-electron chi connectivity index (χ1n) is 8.58. The molecule has 1 amide bonds. The predicted molar refractivity (Wildman–Crippen MR) is 93.9 cm³/mol. The zero-order chi connectivity index (χ0) is 18.0. The van der Waals surface area contributed by atoms with Crippen LogP contribution < -0.4 is 0 Å². The summed E-state index contributed by atoms with van der Waals surface area (Å²) in [6.45, 7) is 7.11. The fraction of sp³-hybridized carbons (Fsp3) is 0.556. The highest BCUT2D eigenvalue weighted by atomic mass is 16.6. The monoisotopic (exact) mass is 343 g/mol. The molecule has 1 aliphatic heterocycles. The minimum absolute atomic E-state index is 0.229. The van der Waals surface area contributed by atoms with Gasteiger partial charge in [0.1, 0.15) is 5.60 Å². The van der Waals surface area contributed by atoms with Crippen LogP contribution in [0.4, 0.5) is 4.79 Å². The van der Waals surface area contributed by atoms with Crippen LogP contribution in [0.5, 0.6) is 0 Å². The summed E-state index contributed by atoms with van der Waals surface area (Å²) in [6.07, 6.45) is 8.85. The van der Waals surface area contributed by atoms with E-state index in [0.717, 1.165) is 36.3 Å². The number of hydrogen-bond donors (Lipinski definition) is 0. The summed E-state index contributed by atoms with van der Waals surface area (Å²) in [5.74, 6) is 0.395. The highest BCUT2D eigenvalue weighted by Gasteiger charge is 2.30. The molecule has 0 N–H and O–H groups in total. The van der Waals surface area contributed by atoms with Gasteiger partial charge in [-0.3, -0.25) is 14.6 Å². The normalized spacial score (nSPS) is 17.8. The summed E-state index contributed by atoms with van der Waals surface area (Å²) >= 11 is 0. The lowest BCUT2D eigenvalue weighted by molar-refractivity contribution is 0.0288. The van der Waals surface area contributed by atoms with Crippen LogP contribution in [0.1, 0.15) is 32.9 Å². The lowest BCUT2D eigenvalue weighted by atomic mass is 10.0. The zero-order valence-electron chi connectivity index (χ0n) is 15.3. The maximum Gasteiger partial charge on any atom is 0.410 e. The Morgan fingerprint density at radius 1 is 1.28 bits per heavy atom. The van der Waals surface area contributed by atoms with Crippen LogP contribution in [-0.2, 0) is 18.2 Å². The number of nitrogens with zero attached hydrogens (tertiary/aromatic N) is 5. The minimum atomic E-state index is -0.456. The predicted octanol–water partition coefficient (Wildman–Crippen LogP) is 2.68. The Hall–Kier alpha value is -2.44. The largest absolute Gasteiger partial charge is 0.444 e. The maximum absolute atomic E-state index is 12.1. The van der Waals surface area contributed by atoms with Gasteiger partial charge in [0.05, 0.1) is 23.8 Å². The third-order valence-electron chi connectivity index (χ3n) is 4.14. The van der Waals surface area contributed by atoms with Crippen molar-refractivity contribution in [1.82, 2.24) is 24.6 Å². The molecule has 7 heteroatoms. The van der Waals surface area contributed by atoms with Crippen molar-refractivity contribution in [3.05, 3.63) is 30.5 Å². The van der Waals surface area contributed by atoms with Crippen LogP contribution in [0.3, 0.4) is 0 Å². The van der Waals surface area contributed by atoms with E-state index in [-0.39, 0.29) is 6.09 Å². The first-order valence-corrected chi connectivity index (χ1v) is 8.58. The fourth-order valence-electron chi connectivity index (χ4n) is 2.95. The van der Waals surface area contributed by atoms with E-state index in [1.807, 2.05) is 40.2 Å². The highest BCUT2D eigenvalue weighted by molar-refractivity contribution is 5.68. The van der Waals surface area contributed by atoms with Crippen molar-refractivity contribution in [1.29, 1.82) is 0 Å². The molecule has 0 aromatic carbocycles. The molecule has 1 atom stereocenters. The van der Waals surface area contributed by atoms with Crippen LogP contribution in [0.25, 0.3) is 11.3 Å². The molecular weight excluding hydrogens is 318 g/mol. The second kappa shape index (κ2) is 6.82. The van der Waals surface area contributed by atoms with Gasteiger partial charge in [-0.2, -0.15) is 5.10 Å². The third-order valence-corrected chi connectivity index (χ3v) is 4.14. The van der Waals surface area contributed by atoms with Crippen molar-refractivity contribution in [3.8, 4) is 11.3 Å². The molecular formula is C18H25N5O2. The average molecular weight is 343 g/mol. The van der Waals surface area contributed by atoms with Gasteiger partial charge in [-0.25, -0.2) is 4.79 Å². The smallest absolute Gasteiger partial charge is 0.410 e. The molecule has 3 heterocycles. The molecule has 1 saturated heterocycles. The Kier molecular flexibility index (Phi) is 4.74. The van der Waals surface area contributed by atoms with E-state index in [2.05, 4.69) is 15.1 Å². The topological polar surface area (TPSA) is 73.1 Å². The molecule has 0 unspecified atom stereocenters. The molecule has 0 aliphatic carbocycles. The molecule has 134 valence electrons. The first-order chi connectivity index (χ1) is 11.8. The van der Waals surface area contributed by atoms with Gasteiger partial charge in [0.2, 0.25) is 0 Å². The summed E-state index contributed by atoms with van der Waals surface area (Å²) < 4.78 is 7.18. The van der Waals surface area contributed by atoms with E-state index in [9.17, 15) is 4.79 Å². The number of amides is 1. The van der Waals surface area contributed by atoms with Crippen LogP contribution in [0.2, 0.25) is 0 Å². The van der Waals surface area contributed by atoms with Crippen molar-refractivity contribution in [2.24, 2.45) is 13.0 Å². The summed E-state index contributed by atoms with van der Waals surface area (Å²) in [4.78, 5) is 22.9. The minimum Gasteiger partial charge on any atom is -0.444 e. The average Bonchev–Trinajstić information content (AvgIpc) is 3.16. The third kappa shape index (κ3) is 4.55. The van der Waals surface area contributed by atoms with Crippen LogP contribution in [0, 0.1) is 5.92 Å². The number of aryl methyl sites for hydroxylation is 1. The quantitative estimate of drug-likeness (QED) is 0.857. The molecule has 0 spiro atoms. The van der Waals surface area contributed by atoms with Gasteiger partial charge < -0.3 is 9.64 Å². The standard InChI is InChI=1S/C18H25N5O2/c1-18(2,3)25-17(24)23-6-5-13(11-23)7-15-9-20-16(10-19-15)14-8-21-22(4)12-14/h8-10,12-13H,5-7,11H2,1-4H3/t13-/m1/s1. The fourth-order valence-corrected chi connectivity index (χ4v) is 2.95. The number of carbonyl (C=O) groups excluding carboxylic acids is 1. The zero-order valence-corrected chi connectivity index (χ0v) is 15.3. The summed E-state index contributed by atoms with van der Waals surface area (Å²) in [7, 11) is 1.88. The number of rotatable bonds is 3. The number of aromatic nitrogens is 4. The molecule has 2 aromatic heterocycles. The van der Waals surface area contributed by atoms with Crippen molar-refractivity contribution in [3.63, 3.8) is 0 Å². The molecule has 1 fully saturated rings. The molecule has 7 nitrogen and oxygen atoms in total. The number of likely N-dealkylation sites (tertiary alicyclic amines) is 1. The second-order valence-electron chi connectivity index (χ2n) is 7.58. The van der Waals surface area contributed by atoms with E-state index in [0.29, 0.717) is 12.5 Å². The van der Waals surface area contributed by atoms with Crippen LogP contribution in [0.15, 0.2) is 24.8 Å². The van der Waals surface area contributed by atoms with Gasteiger partial charge in [-0.1, -0.05) is 0 Å². The Morgan fingerprint density at radius 3 is 2.68 bits per heavy atom. The SMILES string of the molecule is Cn1cc(-c2cnc(C[C@H]3CCN(C(=O)OC(C)(C)C)C3)cn2)cn1. The summed E-state index contributed by atoms with van der Waals surface area (Å²) in [6, 6.07) is 0. The van der Waals surface area contributed by atoms with Crippen LogP contribution >= 0.6 is 0 Å². The maximum atomic E-state index is 12.1. The van der Waals surface area contributed by atoms with Gasteiger partial charge in [0.15, 0.2) is 0 Å². The van der Waals surface area contributed by atoms with Gasteiger partial charge in [-0.15, -0.1) is 0 Å². The van der Waals surface area contributed by atoms with Crippen molar-refractivity contribution >= 4 is 6.09 Å². The lowest BCUT2D eigenvalue weighted by Crippen LogP contribution is -2.35. The Morgan fingerprint density at radius 2 is 2.08 bits per heavy atom. The molecule has 1 aliphatic rings. The second-order valence-corrected chi connectivity index (χ2v) is 7.58. The van der Waals surface area contributed by atoms with Crippen molar-refractivity contribution in [2.75, 3.05) is 13.1 Å². The number of ether oxygens (including phenoxy) is 1.